The fraction of sp³-hybridized carbons (Fsp3) is 0.667. The topological polar surface area (TPSA) is 75.6 Å². The Kier molecular flexibility index (Phi) is 5.11. The molecule has 0 aliphatic carbocycles. The maximum absolute atomic E-state index is 12.6. The molecule has 1 fully saturated rings. The number of rotatable bonds is 4. The molecular weight excluding hydrogens is 337 g/mol. The van der Waals surface area contributed by atoms with Crippen LogP contribution in [0, 0.1) is 0 Å². The molecule has 7 nitrogen and oxygen atoms in total. The van der Waals surface area contributed by atoms with Crippen molar-refractivity contribution < 1.29 is 26.3 Å². The van der Waals surface area contributed by atoms with Gasteiger partial charge in [0.1, 0.15) is 6.10 Å². The SMILES string of the molecule is CN(C)S(=O)(=O)N1CCC(Oc2nccc(C(F)(F)F)n2)CC1. The number of ether oxygens (including phenoxy) is 1. The van der Waals surface area contributed by atoms with Crippen LogP contribution in [0.4, 0.5) is 13.2 Å². The van der Waals surface area contributed by atoms with Crippen LogP contribution < -0.4 is 4.74 Å². The molecule has 2 rings (SSSR count). The van der Waals surface area contributed by atoms with E-state index in [-0.39, 0.29) is 19.1 Å². The highest BCUT2D eigenvalue weighted by molar-refractivity contribution is 7.86. The smallest absolute Gasteiger partial charge is 0.433 e. The molecule has 1 saturated heterocycles. The monoisotopic (exact) mass is 354 g/mol. The zero-order chi connectivity index (χ0) is 17.3. The highest BCUT2D eigenvalue weighted by Gasteiger charge is 2.34. The molecule has 0 saturated carbocycles. The van der Waals surface area contributed by atoms with Crippen LogP contribution in [0.15, 0.2) is 12.3 Å². The van der Waals surface area contributed by atoms with E-state index in [1.54, 1.807) is 0 Å². The van der Waals surface area contributed by atoms with E-state index >= 15 is 0 Å². The third-order valence-electron chi connectivity index (χ3n) is 3.38. The maximum Gasteiger partial charge on any atom is 0.433 e. The van der Waals surface area contributed by atoms with Gasteiger partial charge in [0.25, 0.3) is 10.2 Å². The van der Waals surface area contributed by atoms with Crippen molar-refractivity contribution >= 4 is 10.2 Å². The van der Waals surface area contributed by atoms with Crippen LogP contribution >= 0.6 is 0 Å². The molecule has 1 aromatic rings. The predicted octanol–water partition coefficient (Wildman–Crippen LogP) is 1.15. The van der Waals surface area contributed by atoms with Crippen LogP contribution in [0.5, 0.6) is 6.01 Å². The summed E-state index contributed by atoms with van der Waals surface area (Å²) in [6.07, 6.45) is -3.30. The Bertz CT molecular complexity index is 643. The van der Waals surface area contributed by atoms with E-state index in [2.05, 4.69) is 9.97 Å². The normalized spacial score (nSPS) is 18.3. The van der Waals surface area contributed by atoms with Crippen molar-refractivity contribution in [1.82, 2.24) is 18.6 Å². The van der Waals surface area contributed by atoms with E-state index in [0.717, 1.165) is 16.6 Å². The van der Waals surface area contributed by atoms with Crippen molar-refractivity contribution in [2.24, 2.45) is 0 Å². The van der Waals surface area contributed by atoms with Gasteiger partial charge in [0.15, 0.2) is 5.69 Å². The molecule has 0 amide bonds. The van der Waals surface area contributed by atoms with Gasteiger partial charge in [-0.25, -0.2) is 4.98 Å². The second-order valence-corrected chi connectivity index (χ2v) is 7.37. The predicted molar refractivity (Wildman–Crippen MR) is 74.9 cm³/mol. The van der Waals surface area contributed by atoms with Crippen LogP contribution in [-0.4, -0.2) is 60.3 Å². The summed E-state index contributed by atoms with van der Waals surface area (Å²) in [7, 11) is -0.613. The third-order valence-corrected chi connectivity index (χ3v) is 5.33. The molecule has 0 atom stereocenters. The Labute approximate surface area is 132 Å². The summed E-state index contributed by atoms with van der Waals surface area (Å²) in [5, 5.41) is 0. The third kappa shape index (κ3) is 4.30. The van der Waals surface area contributed by atoms with Crippen molar-refractivity contribution in [3.05, 3.63) is 18.0 Å². The first-order chi connectivity index (χ1) is 10.6. The lowest BCUT2D eigenvalue weighted by Gasteiger charge is -2.32. The maximum atomic E-state index is 12.6. The average Bonchev–Trinajstić information content (AvgIpc) is 2.47. The highest BCUT2D eigenvalue weighted by Crippen LogP contribution is 2.28. The van der Waals surface area contributed by atoms with Gasteiger partial charge in [0, 0.05) is 33.4 Å². The summed E-state index contributed by atoms with van der Waals surface area (Å²) in [5.41, 5.74) is -1.07. The molecule has 2 heterocycles. The molecule has 1 aliphatic heterocycles. The molecule has 1 aromatic heterocycles. The number of hydrogen-bond donors (Lipinski definition) is 0. The number of hydrogen-bond acceptors (Lipinski definition) is 5. The van der Waals surface area contributed by atoms with Gasteiger partial charge in [-0.15, -0.1) is 0 Å². The lowest BCUT2D eigenvalue weighted by molar-refractivity contribution is -0.141. The minimum absolute atomic E-state index is 0.226. The molecule has 0 radical (unpaired) electrons. The largest absolute Gasteiger partial charge is 0.460 e. The lowest BCUT2D eigenvalue weighted by Crippen LogP contribution is -2.46. The Hall–Kier alpha value is -1.46. The van der Waals surface area contributed by atoms with Gasteiger partial charge in [0.2, 0.25) is 0 Å². The summed E-state index contributed by atoms with van der Waals surface area (Å²) >= 11 is 0. The Balaban J connectivity index is 1.97. The Morgan fingerprint density at radius 3 is 2.43 bits per heavy atom. The molecule has 11 heteroatoms. The fourth-order valence-electron chi connectivity index (χ4n) is 2.12. The molecule has 0 N–H and O–H groups in total. The molecule has 0 spiro atoms. The van der Waals surface area contributed by atoms with Crippen molar-refractivity contribution in [2.75, 3.05) is 27.2 Å². The zero-order valence-corrected chi connectivity index (χ0v) is 13.4. The summed E-state index contributed by atoms with van der Waals surface area (Å²) in [5.74, 6) is 0. The van der Waals surface area contributed by atoms with Crippen molar-refractivity contribution in [3.63, 3.8) is 0 Å². The zero-order valence-electron chi connectivity index (χ0n) is 12.6. The number of piperidine rings is 1. The molecule has 130 valence electrons. The first kappa shape index (κ1) is 17.9. The molecule has 1 aliphatic rings. The van der Waals surface area contributed by atoms with Gasteiger partial charge in [-0.3, -0.25) is 0 Å². The molecule has 0 unspecified atom stereocenters. The van der Waals surface area contributed by atoms with Crippen molar-refractivity contribution in [3.8, 4) is 6.01 Å². The molecule has 0 bridgehead atoms. The van der Waals surface area contributed by atoms with Gasteiger partial charge in [-0.1, -0.05) is 0 Å². The molecule has 0 aromatic carbocycles. The van der Waals surface area contributed by atoms with Crippen LogP contribution in [0.1, 0.15) is 18.5 Å². The van der Waals surface area contributed by atoms with Crippen LogP contribution in [0.3, 0.4) is 0 Å². The van der Waals surface area contributed by atoms with E-state index < -0.39 is 28.2 Å². The minimum Gasteiger partial charge on any atom is -0.460 e. The van der Waals surface area contributed by atoms with Crippen molar-refractivity contribution in [2.45, 2.75) is 25.1 Å². The number of halogens is 3. The fourth-order valence-corrected chi connectivity index (χ4v) is 3.25. The van der Waals surface area contributed by atoms with Gasteiger partial charge in [-0.2, -0.15) is 35.2 Å². The average molecular weight is 354 g/mol. The Morgan fingerprint density at radius 1 is 1.30 bits per heavy atom. The first-order valence-electron chi connectivity index (χ1n) is 6.85. The van der Waals surface area contributed by atoms with Gasteiger partial charge in [-0.05, 0) is 18.9 Å². The Morgan fingerprint density at radius 2 is 1.91 bits per heavy atom. The van der Waals surface area contributed by atoms with E-state index in [0.29, 0.717) is 12.8 Å². The summed E-state index contributed by atoms with van der Waals surface area (Å²) in [6.45, 7) is 0.453. The van der Waals surface area contributed by atoms with E-state index in [4.69, 9.17) is 4.74 Å². The quantitative estimate of drug-likeness (QED) is 0.811. The molecule has 23 heavy (non-hydrogen) atoms. The number of nitrogens with zero attached hydrogens (tertiary/aromatic N) is 4. The highest BCUT2D eigenvalue weighted by atomic mass is 32.2. The van der Waals surface area contributed by atoms with Crippen LogP contribution in [0.2, 0.25) is 0 Å². The van der Waals surface area contributed by atoms with E-state index in [1.807, 2.05) is 0 Å². The van der Waals surface area contributed by atoms with Crippen LogP contribution in [0.25, 0.3) is 0 Å². The van der Waals surface area contributed by atoms with E-state index in [1.165, 1.54) is 18.4 Å². The summed E-state index contributed by atoms with van der Waals surface area (Å²) < 4.78 is 69.5. The lowest BCUT2D eigenvalue weighted by atomic mass is 10.1. The number of aromatic nitrogens is 2. The van der Waals surface area contributed by atoms with Crippen molar-refractivity contribution in [1.29, 1.82) is 0 Å². The molecular formula is C12H17F3N4O3S. The van der Waals surface area contributed by atoms with Gasteiger partial charge in [0.05, 0.1) is 0 Å². The second-order valence-electron chi connectivity index (χ2n) is 5.23. The second kappa shape index (κ2) is 6.57. The van der Waals surface area contributed by atoms with E-state index in [9.17, 15) is 21.6 Å². The standard InChI is InChI=1S/C12H17F3N4O3S/c1-18(2)23(20,21)19-7-4-9(5-8-19)22-11-16-6-3-10(17-11)12(13,14)15/h3,6,9H,4-5,7-8H2,1-2H3. The first-order valence-corrected chi connectivity index (χ1v) is 8.25. The van der Waals surface area contributed by atoms with Crippen LogP contribution in [-0.2, 0) is 16.4 Å². The minimum atomic E-state index is -4.57. The number of alkyl halides is 3. The van der Waals surface area contributed by atoms with Gasteiger partial charge < -0.3 is 4.74 Å². The summed E-state index contributed by atoms with van der Waals surface area (Å²) in [4.78, 5) is 7.01. The van der Waals surface area contributed by atoms with Gasteiger partial charge >= 0.3 is 12.2 Å². The summed E-state index contributed by atoms with van der Waals surface area (Å²) in [6, 6.07) is 0.410.